The largest absolute Gasteiger partial charge is 0.459 e. The Bertz CT molecular complexity index is 641. The Morgan fingerprint density at radius 3 is 2.64 bits per heavy atom. The van der Waals surface area contributed by atoms with Crippen LogP contribution in [0.4, 0.5) is 13.2 Å². The number of nitrogens with zero attached hydrogens (tertiary/aromatic N) is 1. The minimum absolute atomic E-state index is 0.0470. The summed E-state index contributed by atoms with van der Waals surface area (Å²) in [7, 11) is 0. The molecule has 0 saturated carbocycles. The van der Waals surface area contributed by atoms with E-state index in [0.717, 1.165) is 25.7 Å². The lowest BCUT2D eigenvalue weighted by atomic mass is 9.80. The molecule has 4 aliphatic rings. The number of rotatable bonds is 2. The van der Waals surface area contributed by atoms with Crippen LogP contribution in [0.3, 0.4) is 0 Å². The minimum Gasteiger partial charge on any atom is -0.459 e. The number of halogens is 3. The van der Waals surface area contributed by atoms with Gasteiger partial charge in [-0.15, -0.1) is 0 Å². The molecule has 28 heavy (non-hydrogen) atoms. The highest BCUT2D eigenvalue weighted by atomic mass is 19.4. The maximum absolute atomic E-state index is 12.9. The lowest BCUT2D eigenvalue weighted by Crippen LogP contribution is -2.43. The van der Waals surface area contributed by atoms with Crippen molar-refractivity contribution < 1.29 is 27.4 Å². The first-order chi connectivity index (χ1) is 13.2. The topological polar surface area (TPSA) is 42.1 Å². The lowest BCUT2D eigenvalue weighted by molar-refractivity contribution is -0.185. The van der Waals surface area contributed by atoms with Crippen LogP contribution in [0, 0.1) is 17.8 Å². The van der Waals surface area contributed by atoms with Gasteiger partial charge in [0.2, 0.25) is 0 Å². The molecule has 0 bridgehead atoms. The van der Waals surface area contributed by atoms with Gasteiger partial charge in [-0.2, -0.15) is 13.2 Å². The number of likely N-dealkylation sites (tertiary alicyclic amines) is 1. The molecular weight excluding hydrogens is 371 g/mol. The third-order valence-corrected chi connectivity index (χ3v) is 7.24. The number of piperidine rings is 1. The molecule has 5 atom stereocenters. The van der Waals surface area contributed by atoms with E-state index in [1.807, 2.05) is 4.90 Å². The molecular formula is C21H30F3NO3. The fourth-order valence-electron chi connectivity index (χ4n) is 5.27. The number of carbonyl (C=O) groups excluding carboxylic acids is 1. The van der Waals surface area contributed by atoms with Crippen LogP contribution in [0.25, 0.3) is 0 Å². The van der Waals surface area contributed by atoms with Gasteiger partial charge in [0.1, 0.15) is 12.2 Å². The number of allylic oxidation sites excluding steroid dienone is 2. The molecule has 0 aromatic carbocycles. The van der Waals surface area contributed by atoms with Crippen LogP contribution in [0.2, 0.25) is 0 Å². The predicted molar refractivity (Wildman–Crippen MR) is 97.6 cm³/mol. The summed E-state index contributed by atoms with van der Waals surface area (Å²) in [5.41, 5.74) is 1.10. The molecule has 0 aromatic heterocycles. The number of hydrogen-bond acceptors (Lipinski definition) is 4. The SMILES string of the molecule is C/C1=C\CC[C@@]2(C)O[C@@H]2[C@H]2OC(=O)[C@@H](CN3CCC(C(F)(F)F)CC3)[C@@H]2CC1. The maximum Gasteiger partial charge on any atom is 0.391 e. The summed E-state index contributed by atoms with van der Waals surface area (Å²) >= 11 is 0. The van der Waals surface area contributed by atoms with E-state index >= 15 is 0 Å². The fourth-order valence-corrected chi connectivity index (χ4v) is 5.27. The number of fused-ring (bicyclic) bond motifs is 3. The molecule has 0 N–H and O–H groups in total. The monoisotopic (exact) mass is 401 g/mol. The number of carbonyl (C=O) groups is 1. The minimum atomic E-state index is -4.11. The Labute approximate surface area is 164 Å². The number of esters is 1. The normalized spacial score (nSPS) is 42.2. The third kappa shape index (κ3) is 3.97. The first-order valence-electron chi connectivity index (χ1n) is 10.5. The summed E-state index contributed by atoms with van der Waals surface area (Å²) in [6, 6.07) is 0. The van der Waals surface area contributed by atoms with Crippen LogP contribution in [0.15, 0.2) is 11.6 Å². The average Bonchev–Trinajstić information content (AvgIpc) is 3.20. The van der Waals surface area contributed by atoms with Gasteiger partial charge in [0.05, 0.1) is 17.4 Å². The molecule has 3 aliphatic heterocycles. The molecule has 3 heterocycles. The first kappa shape index (κ1) is 20.2. The molecule has 0 radical (unpaired) electrons. The lowest BCUT2D eigenvalue weighted by Gasteiger charge is -2.34. The summed E-state index contributed by atoms with van der Waals surface area (Å²) < 4.78 is 50.5. The second-order valence-corrected chi connectivity index (χ2v) is 9.27. The van der Waals surface area contributed by atoms with E-state index in [0.29, 0.717) is 19.6 Å². The van der Waals surface area contributed by atoms with Crippen molar-refractivity contribution in [2.75, 3.05) is 19.6 Å². The molecule has 0 unspecified atom stereocenters. The Hall–Kier alpha value is -1.08. The highest BCUT2D eigenvalue weighted by Crippen LogP contribution is 2.50. The van der Waals surface area contributed by atoms with Crippen molar-refractivity contribution >= 4 is 5.97 Å². The van der Waals surface area contributed by atoms with E-state index in [-0.39, 0.29) is 48.5 Å². The molecule has 158 valence electrons. The van der Waals surface area contributed by atoms with Gasteiger partial charge in [0.15, 0.2) is 0 Å². The summed E-state index contributed by atoms with van der Waals surface area (Å²) in [6.45, 7) is 5.49. The predicted octanol–water partition coefficient (Wildman–Crippen LogP) is 4.10. The molecule has 1 aliphatic carbocycles. The molecule has 7 heteroatoms. The highest BCUT2D eigenvalue weighted by molar-refractivity contribution is 5.75. The van der Waals surface area contributed by atoms with E-state index in [9.17, 15) is 18.0 Å². The number of epoxide rings is 1. The van der Waals surface area contributed by atoms with Gasteiger partial charge in [0.25, 0.3) is 0 Å². The van der Waals surface area contributed by atoms with Crippen molar-refractivity contribution in [1.82, 2.24) is 4.90 Å². The third-order valence-electron chi connectivity index (χ3n) is 7.24. The smallest absolute Gasteiger partial charge is 0.391 e. The fraction of sp³-hybridized carbons (Fsp3) is 0.857. The zero-order valence-corrected chi connectivity index (χ0v) is 16.6. The van der Waals surface area contributed by atoms with Gasteiger partial charge in [-0.05, 0) is 65.5 Å². The molecule has 4 nitrogen and oxygen atoms in total. The quantitative estimate of drug-likeness (QED) is 0.397. The number of ether oxygens (including phenoxy) is 2. The van der Waals surface area contributed by atoms with Gasteiger partial charge >= 0.3 is 12.1 Å². The molecule has 0 spiro atoms. The van der Waals surface area contributed by atoms with Crippen LogP contribution >= 0.6 is 0 Å². The van der Waals surface area contributed by atoms with Crippen molar-refractivity contribution in [3.05, 3.63) is 11.6 Å². The van der Waals surface area contributed by atoms with Crippen LogP contribution in [-0.2, 0) is 14.3 Å². The van der Waals surface area contributed by atoms with Crippen LogP contribution in [0.1, 0.15) is 52.4 Å². The Kier molecular flexibility index (Phi) is 5.28. The van der Waals surface area contributed by atoms with E-state index in [4.69, 9.17) is 9.47 Å². The summed E-state index contributed by atoms with van der Waals surface area (Å²) in [6.07, 6.45) is 1.79. The average molecular weight is 401 g/mol. The Morgan fingerprint density at radius 1 is 1.25 bits per heavy atom. The molecule has 4 rings (SSSR count). The van der Waals surface area contributed by atoms with Gasteiger partial charge in [-0.3, -0.25) is 4.79 Å². The molecule has 3 saturated heterocycles. The number of alkyl halides is 3. The van der Waals surface area contributed by atoms with Gasteiger partial charge in [-0.25, -0.2) is 0 Å². The Balaban J connectivity index is 1.44. The van der Waals surface area contributed by atoms with Crippen LogP contribution < -0.4 is 0 Å². The van der Waals surface area contributed by atoms with Gasteiger partial charge in [-0.1, -0.05) is 11.6 Å². The van der Waals surface area contributed by atoms with Crippen molar-refractivity contribution in [2.45, 2.75) is 76.4 Å². The maximum atomic E-state index is 12.9. The zero-order valence-electron chi connectivity index (χ0n) is 16.6. The zero-order chi connectivity index (χ0) is 20.1. The van der Waals surface area contributed by atoms with E-state index in [1.54, 1.807) is 0 Å². The van der Waals surface area contributed by atoms with E-state index in [1.165, 1.54) is 5.57 Å². The first-order valence-corrected chi connectivity index (χ1v) is 10.5. The second kappa shape index (κ2) is 7.31. The van der Waals surface area contributed by atoms with Crippen molar-refractivity contribution in [1.29, 1.82) is 0 Å². The molecule has 3 fully saturated rings. The van der Waals surface area contributed by atoms with E-state index < -0.39 is 12.1 Å². The van der Waals surface area contributed by atoms with Gasteiger partial charge in [0, 0.05) is 12.5 Å². The summed E-state index contributed by atoms with van der Waals surface area (Å²) in [5.74, 6) is -1.62. The van der Waals surface area contributed by atoms with Crippen molar-refractivity contribution in [3.8, 4) is 0 Å². The summed E-state index contributed by atoms with van der Waals surface area (Å²) in [5, 5.41) is 0. The van der Waals surface area contributed by atoms with Crippen LogP contribution in [0.5, 0.6) is 0 Å². The number of hydrogen-bond donors (Lipinski definition) is 0. The molecule has 0 aromatic rings. The Morgan fingerprint density at radius 2 is 1.96 bits per heavy atom. The summed E-state index contributed by atoms with van der Waals surface area (Å²) in [4.78, 5) is 14.7. The van der Waals surface area contributed by atoms with Crippen LogP contribution in [-0.4, -0.2) is 54.5 Å². The standard InChI is InChI=1S/C21H30F3NO3/c1-13-4-3-9-20(2)18(28-20)17-15(6-5-13)16(19(26)27-17)12-25-10-7-14(8-11-25)21(22,23)24/h4,14-18H,3,5-12H2,1-2H3/b13-4+/t15-,16-,17-,18+,20+/m0/s1. The van der Waals surface area contributed by atoms with E-state index in [2.05, 4.69) is 19.9 Å². The molecule has 0 amide bonds. The van der Waals surface area contributed by atoms with Crippen molar-refractivity contribution in [2.24, 2.45) is 17.8 Å². The van der Waals surface area contributed by atoms with Gasteiger partial charge < -0.3 is 14.4 Å². The van der Waals surface area contributed by atoms with Crippen molar-refractivity contribution in [3.63, 3.8) is 0 Å². The highest BCUT2D eigenvalue weighted by Gasteiger charge is 2.62. The second-order valence-electron chi connectivity index (χ2n) is 9.27.